The normalized spacial score (nSPS) is 16.1. The van der Waals surface area contributed by atoms with Gasteiger partial charge in [0.1, 0.15) is 11.5 Å². The third kappa shape index (κ3) is 1.51. The van der Waals surface area contributed by atoms with E-state index in [1.807, 2.05) is 16.8 Å². The Morgan fingerprint density at radius 3 is 2.93 bits per heavy atom. The van der Waals surface area contributed by atoms with Crippen LogP contribution < -0.4 is 0 Å². The molecule has 2 heterocycles. The van der Waals surface area contributed by atoms with Gasteiger partial charge in [-0.3, -0.25) is 0 Å². The van der Waals surface area contributed by atoms with E-state index in [4.69, 9.17) is 11.6 Å². The van der Waals surface area contributed by atoms with E-state index in [1.165, 1.54) is 6.07 Å². The summed E-state index contributed by atoms with van der Waals surface area (Å²) in [5, 5.41) is 0. The fraction of sp³-hybridized carbons (Fsp3) is 0.364. The van der Waals surface area contributed by atoms with Crippen molar-refractivity contribution >= 4 is 17.2 Å². The number of nitrogens with zero attached hydrogens (tertiary/aromatic N) is 2. The second-order valence-electron chi connectivity index (χ2n) is 3.98. The smallest absolute Gasteiger partial charge is 0.139 e. The molecule has 0 saturated heterocycles. The largest absolute Gasteiger partial charge is 0.306 e. The van der Waals surface area contributed by atoms with Crippen LogP contribution in [-0.4, -0.2) is 9.38 Å². The number of fused-ring (bicyclic) bond motifs is 1. The molecule has 0 spiro atoms. The van der Waals surface area contributed by atoms with Crippen LogP contribution in [0.4, 0.5) is 4.39 Å². The van der Waals surface area contributed by atoms with E-state index in [0.717, 1.165) is 24.1 Å². The third-order valence-corrected chi connectivity index (χ3v) is 3.05. The summed E-state index contributed by atoms with van der Waals surface area (Å²) >= 11 is 5.68. The Labute approximate surface area is 91.7 Å². The average molecular weight is 225 g/mol. The van der Waals surface area contributed by atoms with Gasteiger partial charge < -0.3 is 4.40 Å². The van der Waals surface area contributed by atoms with Gasteiger partial charge >= 0.3 is 0 Å². The highest BCUT2D eigenvalue weighted by Crippen LogP contribution is 2.41. The minimum atomic E-state index is -0.142. The van der Waals surface area contributed by atoms with E-state index >= 15 is 0 Å². The predicted molar refractivity (Wildman–Crippen MR) is 56.7 cm³/mol. The first-order valence-electron chi connectivity index (χ1n) is 5.01. The van der Waals surface area contributed by atoms with Crippen LogP contribution in [0.15, 0.2) is 18.5 Å². The lowest BCUT2D eigenvalue weighted by molar-refractivity contribution is 0.608. The Kier molecular flexibility index (Phi) is 1.96. The maximum absolute atomic E-state index is 13.6. The molecule has 1 saturated carbocycles. The van der Waals surface area contributed by atoms with Gasteiger partial charge in [0.2, 0.25) is 0 Å². The SMILES string of the molecule is Fc1cc2nc(CCl)cn2cc1C1CC1. The summed E-state index contributed by atoms with van der Waals surface area (Å²) in [6.07, 6.45) is 5.89. The van der Waals surface area contributed by atoms with E-state index < -0.39 is 0 Å². The van der Waals surface area contributed by atoms with Gasteiger partial charge in [0, 0.05) is 24.0 Å². The van der Waals surface area contributed by atoms with Crippen LogP contribution in [0, 0.1) is 5.82 Å². The molecule has 0 radical (unpaired) electrons. The number of imidazole rings is 1. The fourth-order valence-corrected chi connectivity index (χ4v) is 1.97. The average Bonchev–Trinajstić information content (AvgIpc) is 2.98. The predicted octanol–water partition coefficient (Wildman–Crippen LogP) is 3.09. The second-order valence-corrected chi connectivity index (χ2v) is 4.25. The van der Waals surface area contributed by atoms with Crippen molar-refractivity contribution < 1.29 is 4.39 Å². The van der Waals surface area contributed by atoms with Crippen molar-refractivity contribution in [2.75, 3.05) is 0 Å². The number of alkyl halides is 1. The first-order chi connectivity index (χ1) is 7.28. The van der Waals surface area contributed by atoms with Crippen LogP contribution in [0.2, 0.25) is 0 Å². The highest BCUT2D eigenvalue weighted by molar-refractivity contribution is 6.16. The molecule has 2 aromatic rings. The minimum Gasteiger partial charge on any atom is -0.306 e. The van der Waals surface area contributed by atoms with Crippen LogP contribution in [0.5, 0.6) is 0 Å². The molecule has 15 heavy (non-hydrogen) atoms. The molecule has 4 heteroatoms. The number of rotatable bonds is 2. The molecule has 3 rings (SSSR count). The number of aromatic nitrogens is 2. The molecule has 1 fully saturated rings. The lowest BCUT2D eigenvalue weighted by Gasteiger charge is -2.01. The van der Waals surface area contributed by atoms with Gasteiger partial charge in [0.05, 0.1) is 11.6 Å². The molecule has 2 aromatic heterocycles. The highest BCUT2D eigenvalue weighted by atomic mass is 35.5. The summed E-state index contributed by atoms with van der Waals surface area (Å²) < 4.78 is 15.5. The number of pyridine rings is 1. The summed E-state index contributed by atoms with van der Waals surface area (Å²) in [5.41, 5.74) is 2.22. The van der Waals surface area contributed by atoms with Crippen molar-refractivity contribution in [1.82, 2.24) is 9.38 Å². The third-order valence-electron chi connectivity index (χ3n) is 2.77. The summed E-state index contributed by atoms with van der Waals surface area (Å²) in [5.74, 6) is 0.634. The van der Waals surface area contributed by atoms with Crippen molar-refractivity contribution in [3.8, 4) is 0 Å². The van der Waals surface area contributed by atoms with Gasteiger partial charge in [-0.15, -0.1) is 11.6 Å². The minimum absolute atomic E-state index is 0.142. The Balaban J connectivity index is 2.18. The molecular formula is C11H10ClFN2. The molecule has 1 aliphatic carbocycles. The number of hydrogen-bond donors (Lipinski definition) is 0. The summed E-state index contributed by atoms with van der Waals surface area (Å²) in [4.78, 5) is 4.20. The molecule has 0 bridgehead atoms. The standard InChI is InChI=1S/C11H10ClFN2/c12-4-8-5-15-6-9(7-1-2-7)10(13)3-11(15)14-8/h3,5-7H,1-2,4H2. The zero-order chi connectivity index (χ0) is 10.4. The van der Waals surface area contributed by atoms with E-state index in [0.29, 0.717) is 17.4 Å². The zero-order valence-corrected chi connectivity index (χ0v) is 8.84. The van der Waals surface area contributed by atoms with Crippen LogP contribution in [0.3, 0.4) is 0 Å². The number of halogens is 2. The summed E-state index contributed by atoms with van der Waals surface area (Å²) in [6.45, 7) is 0. The quantitative estimate of drug-likeness (QED) is 0.717. The Morgan fingerprint density at radius 2 is 2.27 bits per heavy atom. The van der Waals surface area contributed by atoms with Gasteiger partial charge in [-0.1, -0.05) is 0 Å². The molecule has 78 valence electrons. The maximum atomic E-state index is 13.6. The number of hydrogen-bond acceptors (Lipinski definition) is 1. The topological polar surface area (TPSA) is 17.3 Å². The van der Waals surface area contributed by atoms with Crippen LogP contribution >= 0.6 is 11.6 Å². The van der Waals surface area contributed by atoms with Crippen molar-refractivity contribution in [1.29, 1.82) is 0 Å². The van der Waals surface area contributed by atoms with Crippen molar-refractivity contribution in [2.45, 2.75) is 24.6 Å². The molecular weight excluding hydrogens is 215 g/mol. The van der Waals surface area contributed by atoms with Gasteiger partial charge in [-0.05, 0) is 18.8 Å². The van der Waals surface area contributed by atoms with E-state index in [-0.39, 0.29) is 5.82 Å². The van der Waals surface area contributed by atoms with Gasteiger partial charge in [0.15, 0.2) is 0 Å². The molecule has 0 aliphatic heterocycles. The molecule has 2 nitrogen and oxygen atoms in total. The van der Waals surface area contributed by atoms with E-state index in [1.54, 1.807) is 0 Å². The lowest BCUT2D eigenvalue weighted by Crippen LogP contribution is -1.92. The maximum Gasteiger partial charge on any atom is 0.139 e. The van der Waals surface area contributed by atoms with Gasteiger partial charge in [0.25, 0.3) is 0 Å². The molecule has 0 N–H and O–H groups in total. The van der Waals surface area contributed by atoms with E-state index in [2.05, 4.69) is 4.98 Å². The lowest BCUT2D eigenvalue weighted by atomic mass is 10.2. The highest BCUT2D eigenvalue weighted by Gasteiger charge is 2.27. The van der Waals surface area contributed by atoms with Crippen LogP contribution in [0.25, 0.3) is 5.65 Å². The summed E-state index contributed by atoms with van der Waals surface area (Å²) in [6, 6.07) is 1.49. The Hall–Kier alpha value is -1.09. The molecule has 0 atom stereocenters. The zero-order valence-electron chi connectivity index (χ0n) is 8.08. The molecule has 0 amide bonds. The fourth-order valence-electron chi connectivity index (χ4n) is 1.84. The molecule has 1 aliphatic rings. The Morgan fingerprint density at radius 1 is 1.47 bits per heavy atom. The van der Waals surface area contributed by atoms with Gasteiger partial charge in [-0.2, -0.15) is 0 Å². The monoisotopic (exact) mass is 224 g/mol. The van der Waals surface area contributed by atoms with Crippen molar-refractivity contribution in [2.24, 2.45) is 0 Å². The van der Waals surface area contributed by atoms with Gasteiger partial charge in [-0.25, -0.2) is 9.37 Å². The van der Waals surface area contributed by atoms with Crippen molar-refractivity contribution in [3.05, 3.63) is 35.5 Å². The van der Waals surface area contributed by atoms with Crippen molar-refractivity contribution in [3.63, 3.8) is 0 Å². The second kappa shape index (κ2) is 3.20. The first-order valence-corrected chi connectivity index (χ1v) is 5.54. The Bertz CT molecular complexity index is 517. The van der Waals surface area contributed by atoms with Crippen LogP contribution in [0.1, 0.15) is 30.0 Å². The molecule has 0 unspecified atom stereocenters. The van der Waals surface area contributed by atoms with E-state index in [9.17, 15) is 4.39 Å². The summed E-state index contributed by atoms with van der Waals surface area (Å²) in [7, 11) is 0. The van der Waals surface area contributed by atoms with Crippen LogP contribution in [-0.2, 0) is 5.88 Å². The first kappa shape index (κ1) is 9.16. The molecule has 0 aromatic carbocycles.